The van der Waals surface area contributed by atoms with Gasteiger partial charge < -0.3 is 15.0 Å². The number of halogens is 1. The van der Waals surface area contributed by atoms with E-state index in [0.29, 0.717) is 13.1 Å². The maximum absolute atomic E-state index is 12.0. The molecular weight excluding hydrogens is 481 g/mol. The molecule has 8 heteroatoms. The van der Waals surface area contributed by atoms with E-state index in [1.165, 1.54) is 7.11 Å². The molecule has 1 N–H and O–H groups in total. The van der Waals surface area contributed by atoms with Crippen molar-refractivity contribution in [1.29, 1.82) is 0 Å². The predicted molar refractivity (Wildman–Crippen MR) is 125 cm³/mol. The molecule has 1 aliphatic rings. The second kappa shape index (κ2) is 11.2. The fourth-order valence-electron chi connectivity index (χ4n) is 3.53. The number of carbonyl (C=O) groups excluding carboxylic acids is 1. The van der Waals surface area contributed by atoms with Crippen LogP contribution >= 0.6 is 24.0 Å². The first kappa shape index (κ1) is 23.2. The monoisotopic (exact) mass is 511 g/mol. The van der Waals surface area contributed by atoms with Gasteiger partial charge in [-0.15, -0.1) is 24.0 Å². The molecule has 2 aromatic rings. The maximum Gasteiger partial charge on any atom is 0.310 e. The zero-order valence-corrected chi connectivity index (χ0v) is 19.6. The number of hydrogen-bond acceptors (Lipinski definition) is 4. The Morgan fingerprint density at radius 1 is 1.31 bits per heavy atom. The molecule has 1 aliphatic heterocycles. The molecule has 2 heterocycles. The lowest BCUT2D eigenvalue weighted by atomic mass is 9.99. The number of rotatable bonds is 6. The van der Waals surface area contributed by atoms with Gasteiger partial charge in [0.15, 0.2) is 5.96 Å². The quantitative estimate of drug-likeness (QED) is 0.280. The summed E-state index contributed by atoms with van der Waals surface area (Å²) in [6.45, 7) is 7.04. The first-order chi connectivity index (χ1) is 13.6. The highest BCUT2D eigenvalue weighted by atomic mass is 127. The molecule has 0 radical (unpaired) electrons. The van der Waals surface area contributed by atoms with Gasteiger partial charge in [-0.05, 0) is 37.0 Å². The Labute approximate surface area is 189 Å². The summed E-state index contributed by atoms with van der Waals surface area (Å²) in [6, 6.07) is 10.1. The van der Waals surface area contributed by atoms with Crippen LogP contribution in [0.25, 0.3) is 5.69 Å². The van der Waals surface area contributed by atoms with Crippen LogP contribution < -0.4 is 5.32 Å². The third kappa shape index (κ3) is 5.94. The lowest BCUT2D eigenvalue weighted by Gasteiger charge is -2.21. The number of aliphatic imine (C=N–C) groups is 1. The number of benzene rings is 1. The summed E-state index contributed by atoms with van der Waals surface area (Å²) < 4.78 is 6.82. The number of carbonyl (C=O) groups is 1. The number of methoxy groups -OCH3 is 1. The van der Waals surface area contributed by atoms with Crippen LogP contribution in [0.2, 0.25) is 0 Å². The Morgan fingerprint density at radius 3 is 2.76 bits per heavy atom. The van der Waals surface area contributed by atoms with Crippen LogP contribution in [0.15, 0.2) is 47.7 Å². The number of nitrogens with zero attached hydrogens (tertiary/aromatic N) is 4. The van der Waals surface area contributed by atoms with Crippen molar-refractivity contribution in [2.45, 2.75) is 20.3 Å². The minimum absolute atomic E-state index is 0. The Bertz CT molecular complexity index is 808. The molecule has 1 fully saturated rings. The lowest BCUT2D eigenvalue weighted by Crippen LogP contribution is -2.40. The molecule has 1 aromatic heterocycles. The number of aromatic nitrogens is 2. The van der Waals surface area contributed by atoms with Crippen LogP contribution in [0.5, 0.6) is 0 Å². The Balaban J connectivity index is 0.00000300. The predicted octanol–water partition coefficient (Wildman–Crippen LogP) is 2.74. The minimum Gasteiger partial charge on any atom is -0.469 e. The number of nitrogens with one attached hydrogen (secondary N) is 1. The first-order valence-corrected chi connectivity index (χ1v) is 9.82. The van der Waals surface area contributed by atoms with Crippen molar-refractivity contribution in [1.82, 2.24) is 20.0 Å². The standard InChI is InChI=1S/C21H29N5O2.HI/c1-4-22-21(25-13-16(2)19(15-25)20(27)28-3)23-11-10-17-12-24-26(14-17)18-8-6-5-7-9-18;/h5-9,12,14,16,19H,4,10-11,13,15H2,1-3H3,(H,22,23);1H. The molecule has 1 saturated heterocycles. The molecule has 2 atom stereocenters. The van der Waals surface area contributed by atoms with E-state index in [-0.39, 0.29) is 41.8 Å². The molecule has 1 aromatic carbocycles. The van der Waals surface area contributed by atoms with Gasteiger partial charge in [0, 0.05) is 32.4 Å². The van der Waals surface area contributed by atoms with Crippen molar-refractivity contribution in [3.63, 3.8) is 0 Å². The minimum atomic E-state index is -0.140. The smallest absolute Gasteiger partial charge is 0.310 e. The number of likely N-dealkylation sites (tertiary alicyclic amines) is 1. The summed E-state index contributed by atoms with van der Waals surface area (Å²) in [6.07, 6.45) is 4.75. The second-order valence-electron chi connectivity index (χ2n) is 7.13. The number of ether oxygens (including phenoxy) is 1. The first-order valence-electron chi connectivity index (χ1n) is 9.82. The summed E-state index contributed by atoms with van der Waals surface area (Å²) >= 11 is 0. The van der Waals surface area contributed by atoms with E-state index in [0.717, 1.165) is 36.7 Å². The van der Waals surface area contributed by atoms with Gasteiger partial charge in [-0.1, -0.05) is 25.1 Å². The largest absolute Gasteiger partial charge is 0.469 e. The summed E-state index contributed by atoms with van der Waals surface area (Å²) in [7, 11) is 1.45. The topological polar surface area (TPSA) is 71.8 Å². The average Bonchev–Trinajstić information content (AvgIpc) is 3.34. The second-order valence-corrected chi connectivity index (χ2v) is 7.13. The molecule has 2 unspecified atom stereocenters. The summed E-state index contributed by atoms with van der Waals surface area (Å²) in [5.74, 6) is 0.869. The third-order valence-corrected chi connectivity index (χ3v) is 5.07. The Morgan fingerprint density at radius 2 is 2.07 bits per heavy atom. The Hall–Kier alpha value is -2.10. The molecule has 29 heavy (non-hydrogen) atoms. The van der Waals surface area contributed by atoms with Crippen LogP contribution in [-0.2, 0) is 16.0 Å². The third-order valence-electron chi connectivity index (χ3n) is 5.07. The summed E-state index contributed by atoms with van der Waals surface area (Å²) in [5.41, 5.74) is 2.19. The van der Waals surface area contributed by atoms with Crippen molar-refractivity contribution < 1.29 is 9.53 Å². The van der Waals surface area contributed by atoms with Gasteiger partial charge in [-0.2, -0.15) is 5.10 Å². The molecule has 0 amide bonds. The zero-order chi connectivity index (χ0) is 19.9. The number of guanidine groups is 1. The molecule has 3 rings (SSSR count). The van der Waals surface area contributed by atoms with Crippen LogP contribution in [0.4, 0.5) is 0 Å². The van der Waals surface area contributed by atoms with E-state index in [4.69, 9.17) is 9.73 Å². The maximum atomic E-state index is 12.0. The van der Waals surface area contributed by atoms with Gasteiger partial charge in [0.05, 0.1) is 24.9 Å². The molecule has 0 bridgehead atoms. The van der Waals surface area contributed by atoms with Gasteiger partial charge in [-0.25, -0.2) is 4.68 Å². The fourth-order valence-corrected chi connectivity index (χ4v) is 3.53. The summed E-state index contributed by atoms with van der Waals surface area (Å²) in [4.78, 5) is 18.9. The summed E-state index contributed by atoms with van der Waals surface area (Å²) in [5, 5.41) is 7.78. The highest BCUT2D eigenvalue weighted by Crippen LogP contribution is 2.24. The average molecular weight is 511 g/mol. The zero-order valence-electron chi connectivity index (χ0n) is 17.2. The highest BCUT2D eigenvalue weighted by molar-refractivity contribution is 14.0. The van der Waals surface area contributed by atoms with E-state index >= 15 is 0 Å². The number of para-hydroxylation sites is 1. The number of hydrogen-bond donors (Lipinski definition) is 1. The van der Waals surface area contributed by atoms with E-state index in [9.17, 15) is 4.79 Å². The van der Waals surface area contributed by atoms with Crippen LogP contribution in [0.1, 0.15) is 19.4 Å². The highest BCUT2D eigenvalue weighted by Gasteiger charge is 2.36. The van der Waals surface area contributed by atoms with E-state index < -0.39 is 0 Å². The SMILES string of the molecule is CCNC(=NCCc1cnn(-c2ccccc2)c1)N1CC(C)C(C(=O)OC)C1.I. The lowest BCUT2D eigenvalue weighted by molar-refractivity contribution is -0.145. The van der Waals surface area contributed by atoms with Crippen molar-refractivity contribution in [2.24, 2.45) is 16.8 Å². The van der Waals surface area contributed by atoms with Crippen molar-refractivity contribution in [2.75, 3.05) is 33.3 Å². The van der Waals surface area contributed by atoms with Gasteiger partial charge in [0.2, 0.25) is 0 Å². The molecule has 158 valence electrons. The number of esters is 1. The molecular formula is C21H30IN5O2. The van der Waals surface area contributed by atoms with Crippen LogP contribution in [0.3, 0.4) is 0 Å². The van der Waals surface area contributed by atoms with Crippen LogP contribution in [-0.4, -0.2) is 59.9 Å². The Kier molecular flexibility index (Phi) is 8.94. The normalized spacial score (nSPS) is 19.0. The van der Waals surface area contributed by atoms with Crippen molar-refractivity contribution in [3.05, 3.63) is 48.3 Å². The molecule has 7 nitrogen and oxygen atoms in total. The van der Waals surface area contributed by atoms with Crippen molar-refractivity contribution in [3.8, 4) is 5.69 Å². The van der Waals surface area contributed by atoms with Crippen molar-refractivity contribution >= 4 is 35.9 Å². The van der Waals surface area contributed by atoms with Gasteiger partial charge in [0.1, 0.15) is 0 Å². The van der Waals surface area contributed by atoms with Crippen LogP contribution in [0, 0.1) is 11.8 Å². The van der Waals surface area contributed by atoms with E-state index in [1.54, 1.807) is 0 Å². The van der Waals surface area contributed by atoms with E-state index in [1.807, 2.05) is 47.4 Å². The van der Waals surface area contributed by atoms with Gasteiger partial charge >= 0.3 is 5.97 Å². The van der Waals surface area contributed by atoms with E-state index in [2.05, 4.69) is 29.2 Å². The molecule has 0 saturated carbocycles. The fraction of sp³-hybridized carbons (Fsp3) is 0.476. The van der Waals surface area contributed by atoms with Gasteiger partial charge in [0.25, 0.3) is 0 Å². The molecule has 0 aliphatic carbocycles. The van der Waals surface area contributed by atoms with Gasteiger partial charge in [-0.3, -0.25) is 9.79 Å². The molecule has 0 spiro atoms.